The summed E-state index contributed by atoms with van der Waals surface area (Å²) in [6.45, 7) is 3.45. The number of carbonyl (C=O) groups is 1. The number of nitrogens with one attached hydrogen (secondary N) is 1. The second kappa shape index (κ2) is 5.90. The van der Waals surface area contributed by atoms with Crippen molar-refractivity contribution >= 4 is 21.6 Å². The van der Waals surface area contributed by atoms with Crippen LogP contribution in [0.15, 0.2) is 33.7 Å². The molecule has 2 aromatic rings. The van der Waals surface area contributed by atoms with Gasteiger partial charge in [-0.05, 0) is 31.5 Å². The summed E-state index contributed by atoms with van der Waals surface area (Å²) in [6.07, 6.45) is 0. The quantitative estimate of drug-likeness (QED) is 0.926. The minimum Gasteiger partial charge on any atom is -0.361 e. The molecule has 1 amide bonds. The highest BCUT2D eigenvalue weighted by Gasteiger charge is 2.19. The second-order valence-corrected chi connectivity index (χ2v) is 7.19. The Labute approximate surface area is 129 Å². The van der Waals surface area contributed by atoms with Crippen LogP contribution < -0.4 is 5.32 Å². The van der Waals surface area contributed by atoms with Crippen LogP contribution in [0.4, 0.5) is 5.69 Å². The number of benzene rings is 1. The first kappa shape index (κ1) is 16.2. The Balaban J connectivity index is 2.34. The van der Waals surface area contributed by atoms with Crippen LogP contribution in [0.5, 0.6) is 0 Å². The fraction of sp³-hybridized carbons (Fsp3) is 0.286. The van der Waals surface area contributed by atoms with Crippen LogP contribution in [-0.2, 0) is 10.0 Å². The topological polar surface area (TPSA) is 92.5 Å². The number of anilines is 1. The third kappa shape index (κ3) is 3.18. The van der Waals surface area contributed by atoms with E-state index in [1.54, 1.807) is 19.9 Å². The standard InChI is InChI=1S/C14H17N3O4S/c1-9-5-6-11(22(19,20)17(3)4)8-12(9)15-14(18)13-7-10(2)21-16-13/h5-8H,1-4H3,(H,15,18). The van der Waals surface area contributed by atoms with Crippen molar-refractivity contribution in [2.75, 3.05) is 19.4 Å². The molecule has 22 heavy (non-hydrogen) atoms. The van der Waals surface area contributed by atoms with Crippen LogP contribution in [0.25, 0.3) is 0 Å². The van der Waals surface area contributed by atoms with Crippen molar-refractivity contribution in [1.82, 2.24) is 9.46 Å². The monoisotopic (exact) mass is 323 g/mol. The Morgan fingerprint density at radius 1 is 1.23 bits per heavy atom. The average Bonchev–Trinajstić information content (AvgIpc) is 2.87. The van der Waals surface area contributed by atoms with Gasteiger partial charge in [0.1, 0.15) is 5.76 Å². The van der Waals surface area contributed by atoms with Gasteiger partial charge in [-0.15, -0.1) is 0 Å². The summed E-state index contributed by atoms with van der Waals surface area (Å²) in [5.74, 6) is 0.0603. The minimum atomic E-state index is -3.56. The van der Waals surface area contributed by atoms with E-state index in [0.29, 0.717) is 11.4 Å². The first-order valence-corrected chi connectivity index (χ1v) is 7.93. The van der Waals surface area contributed by atoms with Gasteiger partial charge in [-0.2, -0.15) is 0 Å². The number of rotatable bonds is 4. The van der Waals surface area contributed by atoms with Gasteiger partial charge in [0.25, 0.3) is 5.91 Å². The van der Waals surface area contributed by atoms with E-state index in [-0.39, 0.29) is 10.6 Å². The number of amides is 1. The first-order valence-electron chi connectivity index (χ1n) is 6.49. The largest absolute Gasteiger partial charge is 0.361 e. The van der Waals surface area contributed by atoms with Crippen molar-refractivity contribution in [2.24, 2.45) is 0 Å². The molecule has 0 unspecified atom stereocenters. The number of aromatic nitrogens is 1. The Kier molecular flexibility index (Phi) is 4.34. The molecule has 0 aliphatic heterocycles. The Morgan fingerprint density at radius 2 is 1.91 bits per heavy atom. The lowest BCUT2D eigenvalue weighted by atomic mass is 10.2. The summed E-state index contributed by atoms with van der Waals surface area (Å²) < 4.78 is 30.2. The summed E-state index contributed by atoms with van der Waals surface area (Å²) in [6, 6.07) is 6.07. The number of hydrogen-bond acceptors (Lipinski definition) is 5. The fourth-order valence-corrected chi connectivity index (χ4v) is 2.70. The number of carbonyl (C=O) groups excluding carboxylic acids is 1. The summed E-state index contributed by atoms with van der Waals surface area (Å²) in [4.78, 5) is 12.2. The van der Waals surface area contributed by atoms with E-state index < -0.39 is 15.9 Å². The van der Waals surface area contributed by atoms with Gasteiger partial charge >= 0.3 is 0 Å². The molecule has 0 aliphatic carbocycles. The van der Waals surface area contributed by atoms with Crippen LogP contribution in [0.2, 0.25) is 0 Å². The van der Waals surface area contributed by atoms with Crippen LogP contribution in [0.3, 0.4) is 0 Å². The van der Waals surface area contributed by atoms with E-state index in [4.69, 9.17) is 4.52 Å². The lowest BCUT2D eigenvalue weighted by Gasteiger charge is -2.14. The highest BCUT2D eigenvalue weighted by molar-refractivity contribution is 7.89. The highest BCUT2D eigenvalue weighted by Crippen LogP contribution is 2.22. The molecule has 1 heterocycles. The zero-order valence-electron chi connectivity index (χ0n) is 12.7. The van der Waals surface area contributed by atoms with Crippen molar-refractivity contribution < 1.29 is 17.7 Å². The summed E-state index contributed by atoms with van der Waals surface area (Å²) in [5.41, 5.74) is 1.29. The Hall–Kier alpha value is -2.19. The van der Waals surface area contributed by atoms with Gasteiger partial charge in [0, 0.05) is 25.8 Å². The average molecular weight is 323 g/mol. The number of nitrogens with zero attached hydrogens (tertiary/aromatic N) is 2. The van der Waals surface area contributed by atoms with E-state index in [1.165, 1.54) is 32.3 Å². The number of aryl methyl sites for hydroxylation is 2. The van der Waals surface area contributed by atoms with Crippen molar-refractivity contribution in [1.29, 1.82) is 0 Å². The SMILES string of the molecule is Cc1cc(C(=O)Nc2cc(S(=O)(=O)N(C)C)ccc2C)no1. The highest BCUT2D eigenvalue weighted by atomic mass is 32.2. The molecular weight excluding hydrogens is 306 g/mol. The third-order valence-electron chi connectivity index (χ3n) is 3.10. The molecular formula is C14H17N3O4S. The molecule has 0 spiro atoms. The summed E-state index contributed by atoms with van der Waals surface area (Å²) >= 11 is 0. The molecule has 118 valence electrons. The van der Waals surface area contributed by atoms with Crippen molar-refractivity contribution in [2.45, 2.75) is 18.7 Å². The van der Waals surface area contributed by atoms with Gasteiger partial charge in [-0.25, -0.2) is 12.7 Å². The lowest BCUT2D eigenvalue weighted by Crippen LogP contribution is -2.22. The molecule has 7 nitrogen and oxygen atoms in total. The normalized spacial score (nSPS) is 11.7. The number of sulfonamides is 1. The Bertz CT molecular complexity index is 809. The van der Waals surface area contributed by atoms with Crippen LogP contribution in [0, 0.1) is 13.8 Å². The molecule has 0 saturated carbocycles. The molecule has 0 radical (unpaired) electrons. The molecule has 0 atom stereocenters. The van der Waals surface area contributed by atoms with Crippen LogP contribution in [-0.4, -0.2) is 37.9 Å². The maximum atomic E-state index is 12.1. The van der Waals surface area contributed by atoms with Gasteiger partial charge in [0.15, 0.2) is 5.69 Å². The third-order valence-corrected chi connectivity index (χ3v) is 4.91. The second-order valence-electron chi connectivity index (χ2n) is 5.04. The molecule has 2 rings (SSSR count). The maximum Gasteiger partial charge on any atom is 0.277 e. The molecule has 0 bridgehead atoms. The fourth-order valence-electron chi connectivity index (χ4n) is 1.77. The van der Waals surface area contributed by atoms with Gasteiger partial charge in [0.2, 0.25) is 10.0 Å². The van der Waals surface area contributed by atoms with E-state index >= 15 is 0 Å². The van der Waals surface area contributed by atoms with Crippen molar-refractivity contribution in [3.05, 3.63) is 41.3 Å². The van der Waals surface area contributed by atoms with Crippen LogP contribution in [0.1, 0.15) is 21.8 Å². The van der Waals surface area contributed by atoms with Crippen molar-refractivity contribution in [3.8, 4) is 0 Å². The first-order chi connectivity index (χ1) is 10.2. The Morgan fingerprint density at radius 3 is 2.45 bits per heavy atom. The zero-order chi connectivity index (χ0) is 16.5. The number of hydrogen-bond donors (Lipinski definition) is 1. The molecule has 1 N–H and O–H groups in total. The van der Waals surface area contributed by atoms with Gasteiger partial charge in [0.05, 0.1) is 4.90 Å². The molecule has 0 aliphatic rings. The summed E-state index contributed by atoms with van der Waals surface area (Å²) in [7, 11) is -0.665. The van der Waals surface area contributed by atoms with Gasteiger partial charge < -0.3 is 9.84 Å². The van der Waals surface area contributed by atoms with Gasteiger partial charge in [-0.1, -0.05) is 11.2 Å². The predicted octanol–water partition coefficient (Wildman–Crippen LogP) is 1.79. The van der Waals surface area contributed by atoms with E-state index in [0.717, 1.165) is 9.87 Å². The molecule has 1 aromatic carbocycles. The van der Waals surface area contributed by atoms with E-state index in [9.17, 15) is 13.2 Å². The predicted molar refractivity (Wildman–Crippen MR) is 81.2 cm³/mol. The molecule has 8 heteroatoms. The molecule has 0 saturated heterocycles. The minimum absolute atomic E-state index is 0.106. The van der Waals surface area contributed by atoms with Crippen LogP contribution >= 0.6 is 0 Å². The lowest BCUT2D eigenvalue weighted by molar-refractivity contribution is 0.101. The molecule has 1 aromatic heterocycles. The maximum absolute atomic E-state index is 12.1. The smallest absolute Gasteiger partial charge is 0.277 e. The molecule has 0 fully saturated rings. The zero-order valence-corrected chi connectivity index (χ0v) is 13.6. The summed E-state index contributed by atoms with van der Waals surface area (Å²) in [5, 5.41) is 6.27. The van der Waals surface area contributed by atoms with Gasteiger partial charge in [-0.3, -0.25) is 4.79 Å². The van der Waals surface area contributed by atoms with E-state index in [1.807, 2.05) is 0 Å². The van der Waals surface area contributed by atoms with E-state index in [2.05, 4.69) is 10.5 Å². The van der Waals surface area contributed by atoms with Crippen molar-refractivity contribution in [3.63, 3.8) is 0 Å².